The first-order valence-corrected chi connectivity index (χ1v) is 12.2. The van der Waals surface area contributed by atoms with Crippen LogP contribution < -0.4 is 15.0 Å². The van der Waals surface area contributed by atoms with Crippen LogP contribution in [0, 0.1) is 0 Å². The monoisotopic (exact) mass is 478 g/mol. The van der Waals surface area contributed by atoms with E-state index in [9.17, 15) is 9.59 Å². The molecule has 2 atom stereocenters. The molecule has 1 aromatic rings. The van der Waals surface area contributed by atoms with E-state index in [4.69, 9.17) is 25.8 Å². The highest BCUT2D eigenvalue weighted by Gasteiger charge is 2.38. The lowest BCUT2D eigenvalue weighted by atomic mass is 10.0. The summed E-state index contributed by atoms with van der Waals surface area (Å²) in [4.78, 5) is 30.6. The van der Waals surface area contributed by atoms with Crippen molar-refractivity contribution in [2.24, 2.45) is 0 Å². The van der Waals surface area contributed by atoms with E-state index in [2.05, 4.69) is 10.2 Å². The standard InChI is InChI=1S/C23H31ClN4O5/c24-18-2-1-17(13-20(18)26-9-11-31-12-10-26)33-16-3-6-27(7-4-16)23(30)28-8-5-21-19(14-28)25-22(29)15-32-21/h1-2,13,16,19,21H,3-12,14-15H2,(H,25,29)/t19-,21+/m1/s1. The highest BCUT2D eigenvalue weighted by Crippen LogP contribution is 2.32. The van der Waals surface area contributed by atoms with Crippen molar-refractivity contribution in [1.82, 2.24) is 15.1 Å². The number of rotatable bonds is 3. The maximum Gasteiger partial charge on any atom is 0.320 e. The molecule has 1 N–H and O–H groups in total. The number of nitrogens with zero attached hydrogens (tertiary/aromatic N) is 3. The number of carbonyl (C=O) groups is 2. The molecule has 0 bridgehead atoms. The number of piperidine rings is 2. The van der Waals surface area contributed by atoms with Crippen LogP contribution in [0.2, 0.25) is 5.02 Å². The zero-order valence-electron chi connectivity index (χ0n) is 18.7. The Morgan fingerprint density at radius 2 is 1.82 bits per heavy atom. The summed E-state index contributed by atoms with van der Waals surface area (Å²) in [5.41, 5.74) is 0.979. The van der Waals surface area contributed by atoms with Gasteiger partial charge >= 0.3 is 6.03 Å². The zero-order valence-corrected chi connectivity index (χ0v) is 19.5. The molecule has 0 spiro atoms. The highest BCUT2D eigenvalue weighted by atomic mass is 35.5. The number of morpholine rings is 2. The van der Waals surface area contributed by atoms with Gasteiger partial charge in [-0.05, 0) is 18.6 Å². The summed E-state index contributed by atoms with van der Waals surface area (Å²) >= 11 is 6.43. The van der Waals surface area contributed by atoms with Crippen molar-refractivity contribution >= 4 is 29.2 Å². The van der Waals surface area contributed by atoms with Gasteiger partial charge < -0.3 is 34.2 Å². The number of fused-ring (bicyclic) bond motifs is 1. The summed E-state index contributed by atoms with van der Waals surface area (Å²) in [5.74, 6) is 0.697. The van der Waals surface area contributed by atoms with E-state index < -0.39 is 0 Å². The second kappa shape index (κ2) is 9.95. The molecule has 4 aliphatic heterocycles. The summed E-state index contributed by atoms with van der Waals surface area (Å²) in [6, 6.07) is 5.73. The van der Waals surface area contributed by atoms with Crippen molar-refractivity contribution in [2.45, 2.75) is 37.5 Å². The summed E-state index contributed by atoms with van der Waals surface area (Å²) < 4.78 is 17.3. The first kappa shape index (κ1) is 22.6. The van der Waals surface area contributed by atoms with Crippen LogP contribution in [-0.4, -0.2) is 99.1 Å². The number of hydrogen-bond donors (Lipinski definition) is 1. The van der Waals surface area contributed by atoms with E-state index >= 15 is 0 Å². The number of carbonyl (C=O) groups excluding carboxylic acids is 2. The Kier molecular flexibility index (Phi) is 6.80. The van der Waals surface area contributed by atoms with E-state index in [-0.39, 0.29) is 36.8 Å². The second-order valence-corrected chi connectivity index (χ2v) is 9.46. The van der Waals surface area contributed by atoms with Gasteiger partial charge in [0.25, 0.3) is 0 Å². The molecule has 33 heavy (non-hydrogen) atoms. The number of amides is 3. The Balaban J connectivity index is 1.13. The fourth-order valence-corrected chi connectivity index (χ4v) is 5.28. The third-order valence-corrected chi connectivity index (χ3v) is 7.20. The number of anilines is 1. The van der Waals surface area contributed by atoms with Crippen molar-refractivity contribution < 1.29 is 23.8 Å². The molecule has 3 amide bonds. The van der Waals surface area contributed by atoms with Gasteiger partial charge in [0.15, 0.2) is 0 Å². The molecule has 4 fully saturated rings. The molecule has 0 radical (unpaired) electrons. The zero-order chi connectivity index (χ0) is 22.8. The molecule has 4 heterocycles. The smallest absolute Gasteiger partial charge is 0.320 e. The van der Waals surface area contributed by atoms with Crippen molar-refractivity contribution in [1.29, 1.82) is 0 Å². The molecule has 180 valence electrons. The normalized spacial score (nSPS) is 26.6. The second-order valence-electron chi connectivity index (χ2n) is 9.06. The van der Waals surface area contributed by atoms with Gasteiger partial charge in [-0.25, -0.2) is 4.79 Å². The Bertz CT molecular complexity index is 872. The molecule has 4 aliphatic rings. The quantitative estimate of drug-likeness (QED) is 0.712. The number of nitrogens with one attached hydrogen (secondary N) is 1. The molecule has 0 aliphatic carbocycles. The number of likely N-dealkylation sites (tertiary alicyclic amines) is 2. The third-order valence-electron chi connectivity index (χ3n) is 6.88. The van der Waals surface area contributed by atoms with Crippen LogP contribution in [0.15, 0.2) is 18.2 Å². The van der Waals surface area contributed by atoms with Gasteiger partial charge in [0, 0.05) is 58.2 Å². The highest BCUT2D eigenvalue weighted by molar-refractivity contribution is 6.33. The first-order chi connectivity index (χ1) is 16.1. The molecular formula is C23H31ClN4O5. The molecule has 4 saturated heterocycles. The number of benzene rings is 1. The summed E-state index contributed by atoms with van der Waals surface area (Å²) in [6.45, 7) is 5.61. The minimum absolute atomic E-state index is 0.00705. The predicted molar refractivity (Wildman–Crippen MR) is 123 cm³/mol. The van der Waals surface area contributed by atoms with E-state index in [1.54, 1.807) is 0 Å². The predicted octanol–water partition coefficient (Wildman–Crippen LogP) is 1.73. The van der Waals surface area contributed by atoms with E-state index in [0.29, 0.717) is 44.4 Å². The molecule has 10 heteroatoms. The van der Waals surface area contributed by atoms with Crippen molar-refractivity contribution in [3.8, 4) is 5.75 Å². The van der Waals surface area contributed by atoms with Crippen LogP contribution >= 0.6 is 11.6 Å². The van der Waals surface area contributed by atoms with Crippen molar-refractivity contribution in [3.63, 3.8) is 0 Å². The maximum absolute atomic E-state index is 13.1. The van der Waals surface area contributed by atoms with E-state index in [1.165, 1.54) is 0 Å². The summed E-state index contributed by atoms with van der Waals surface area (Å²) in [6.07, 6.45) is 2.37. The van der Waals surface area contributed by atoms with E-state index in [0.717, 1.165) is 43.8 Å². The van der Waals surface area contributed by atoms with Gasteiger partial charge in [0.1, 0.15) is 18.5 Å². The van der Waals surface area contributed by atoms with Crippen LogP contribution in [0.25, 0.3) is 0 Å². The lowest BCUT2D eigenvalue weighted by Gasteiger charge is -2.43. The molecule has 9 nitrogen and oxygen atoms in total. The number of hydrogen-bond acceptors (Lipinski definition) is 6. The molecule has 5 rings (SSSR count). The van der Waals surface area contributed by atoms with Crippen LogP contribution in [-0.2, 0) is 14.3 Å². The Morgan fingerprint density at radius 3 is 2.61 bits per heavy atom. The molecule has 1 aromatic carbocycles. The van der Waals surface area contributed by atoms with Gasteiger partial charge in [0.2, 0.25) is 5.91 Å². The van der Waals surface area contributed by atoms with Gasteiger partial charge in [-0.3, -0.25) is 4.79 Å². The SMILES string of the molecule is O=C1CO[C@H]2CCN(C(=O)N3CCC(Oc4ccc(Cl)c(N5CCOCC5)c4)CC3)C[C@H]2N1. The van der Waals surface area contributed by atoms with Crippen molar-refractivity contribution in [3.05, 3.63) is 23.2 Å². The number of halogens is 1. The summed E-state index contributed by atoms with van der Waals surface area (Å²) in [7, 11) is 0. The summed E-state index contributed by atoms with van der Waals surface area (Å²) in [5, 5.41) is 3.67. The Morgan fingerprint density at radius 1 is 1.06 bits per heavy atom. The Hall–Kier alpha value is -2.23. The van der Waals surface area contributed by atoms with E-state index in [1.807, 2.05) is 28.0 Å². The Labute approximate surface area is 198 Å². The van der Waals surface area contributed by atoms with Crippen LogP contribution in [0.1, 0.15) is 19.3 Å². The fourth-order valence-electron chi connectivity index (χ4n) is 5.04. The first-order valence-electron chi connectivity index (χ1n) is 11.8. The van der Waals surface area contributed by atoms with Gasteiger partial charge in [-0.1, -0.05) is 11.6 Å². The molecule has 0 unspecified atom stereocenters. The minimum Gasteiger partial charge on any atom is -0.490 e. The average Bonchev–Trinajstić information content (AvgIpc) is 2.85. The minimum atomic E-state index is -0.115. The third kappa shape index (κ3) is 5.15. The molecule has 0 aromatic heterocycles. The van der Waals surface area contributed by atoms with Gasteiger partial charge in [-0.2, -0.15) is 0 Å². The topological polar surface area (TPSA) is 83.6 Å². The van der Waals surface area contributed by atoms with Crippen LogP contribution in [0.5, 0.6) is 5.75 Å². The number of urea groups is 1. The van der Waals surface area contributed by atoms with Gasteiger partial charge in [0.05, 0.1) is 36.1 Å². The van der Waals surface area contributed by atoms with Crippen molar-refractivity contribution in [2.75, 3.05) is 64.0 Å². The molecular weight excluding hydrogens is 448 g/mol. The lowest BCUT2D eigenvalue weighted by molar-refractivity contribution is -0.139. The van der Waals surface area contributed by atoms with Crippen LogP contribution in [0.3, 0.4) is 0 Å². The van der Waals surface area contributed by atoms with Gasteiger partial charge in [-0.15, -0.1) is 0 Å². The maximum atomic E-state index is 13.1. The largest absolute Gasteiger partial charge is 0.490 e. The molecule has 0 saturated carbocycles. The lowest BCUT2D eigenvalue weighted by Crippen LogP contribution is -2.62. The van der Waals surface area contributed by atoms with Crippen LogP contribution in [0.4, 0.5) is 10.5 Å². The fraction of sp³-hybridized carbons (Fsp3) is 0.652. The number of ether oxygens (including phenoxy) is 3. The average molecular weight is 479 g/mol.